The van der Waals surface area contributed by atoms with E-state index in [9.17, 15) is 0 Å². The van der Waals surface area contributed by atoms with Crippen LogP contribution in [0.2, 0.25) is 0 Å². The van der Waals surface area contributed by atoms with Gasteiger partial charge in [0, 0.05) is 85.6 Å². The highest BCUT2D eigenvalue weighted by atomic mass is 127. The first-order valence-corrected chi connectivity index (χ1v) is 16.9. The molecule has 0 bridgehead atoms. The normalized spacial score (nSPS) is 20.6. The number of nitrogens with two attached hydrogens (primary N) is 1. The van der Waals surface area contributed by atoms with E-state index in [0.29, 0.717) is 25.7 Å². The van der Waals surface area contributed by atoms with Gasteiger partial charge in [0.2, 0.25) is 0 Å². The zero-order valence-electron chi connectivity index (χ0n) is 22.9. The summed E-state index contributed by atoms with van der Waals surface area (Å²) >= 11 is 2.28. The SMILES string of the molecule is CN=C(C=C(N)C1CC1)N1CCc2nc(-c3c(C)ccc4c3c(C)nn4SI)nc(N3CCOCC3C)c2C1. The third-order valence-corrected chi connectivity index (χ3v) is 9.59. The molecule has 2 fully saturated rings. The molecule has 0 spiro atoms. The van der Waals surface area contributed by atoms with Crippen molar-refractivity contribution in [1.29, 1.82) is 0 Å². The lowest BCUT2D eigenvalue weighted by Crippen LogP contribution is -2.46. The molecule has 1 saturated carbocycles. The number of rotatable bonds is 5. The van der Waals surface area contributed by atoms with Crippen LogP contribution in [-0.2, 0) is 17.7 Å². The summed E-state index contributed by atoms with van der Waals surface area (Å²) in [6, 6.07) is 4.53. The number of aromatic nitrogens is 4. The summed E-state index contributed by atoms with van der Waals surface area (Å²) in [6.45, 7) is 10.2. The predicted octanol–water partition coefficient (Wildman–Crippen LogP) is 4.82. The summed E-state index contributed by atoms with van der Waals surface area (Å²) in [4.78, 5) is 19.9. The van der Waals surface area contributed by atoms with E-state index in [1.54, 1.807) is 9.12 Å². The Morgan fingerprint density at radius 1 is 1.23 bits per heavy atom. The number of hydrogen-bond acceptors (Lipinski definition) is 8. The first kappa shape index (κ1) is 26.8. The Balaban J connectivity index is 1.48. The first-order valence-electron chi connectivity index (χ1n) is 13.6. The van der Waals surface area contributed by atoms with Gasteiger partial charge >= 0.3 is 0 Å². The van der Waals surface area contributed by atoms with Crippen molar-refractivity contribution in [2.24, 2.45) is 16.6 Å². The van der Waals surface area contributed by atoms with Gasteiger partial charge in [0.15, 0.2) is 5.82 Å². The van der Waals surface area contributed by atoms with E-state index in [0.717, 1.165) is 76.1 Å². The van der Waals surface area contributed by atoms with Crippen LogP contribution in [0.5, 0.6) is 0 Å². The molecule has 0 radical (unpaired) electrons. The number of aryl methyl sites for hydroxylation is 2. The van der Waals surface area contributed by atoms with Crippen LogP contribution in [-0.4, -0.2) is 69.3 Å². The maximum absolute atomic E-state index is 6.39. The Bertz CT molecular complexity index is 1480. The van der Waals surface area contributed by atoms with Crippen LogP contribution in [0, 0.1) is 19.8 Å². The maximum Gasteiger partial charge on any atom is 0.162 e. The fourth-order valence-corrected chi connectivity index (χ4v) is 7.05. The molecule has 3 aromatic rings. The van der Waals surface area contributed by atoms with Gasteiger partial charge in [0.25, 0.3) is 0 Å². The molecule has 9 nitrogen and oxygen atoms in total. The third kappa shape index (κ3) is 5.01. The maximum atomic E-state index is 6.39. The van der Waals surface area contributed by atoms with Crippen LogP contribution in [0.1, 0.15) is 42.3 Å². The molecule has 1 aliphatic carbocycles. The van der Waals surface area contributed by atoms with Crippen molar-refractivity contribution in [3.05, 3.63) is 46.4 Å². The molecule has 1 atom stereocenters. The molecule has 4 heterocycles. The van der Waals surface area contributed by atoms with E-state index in [-0.39, 0.29) is 6.04 Å². The lowest BCUT2D eigenvalue weighted by Gasteiger charge is -2.38. The largest absolute Gasteiger partial charge is 0.402 e. The number of morpholine rings is 1. The summed E-state index contributed by atoms with van der Waals surface area (Å²) in [5.41, 5.74) is 13.9. The topological polar surface area (TPSA) is 97.7 Å². The van der Waals surface area contributed by atoms with Gasteiger partial charge < -0.3 is 20.3 Å². The molecule has 6 rings (SSSR count). The van der Waals surface area contributed by atoms with Crippen LogP contribution in [0.4, 0.5) is 5.82 Å². The van der Waals surface area contributed by atoms with Crippen LogP contribution >= 0.6 is 30.3 Å². The highest BCUT2D eigenvalue weighted by molar-refractivity contribution is 14.2. The van der Waals surface area contributed by atoms with Crippen LogP contribution in [0.15, 0.2) is 28.9 Å². The number of allylic oxidation sites excluding steroid dienone is 1. The number of halogens is 1. The Kier molecular flexibility index (Phi) is 7.49. The van der Waals surface area contributed by atoms with Gasteiger partial charge in [0.1, 0.15) is 11.7 Å². The quantitative estimate of drug-likeness (QED) is 0.237. The van der Waals surface area contributed by atoms with Crippen LogP contribution in [0.3, 0.4) is 0 Å². The number of aliphatic imine (C=N–C) groups is 1. The molecule has 3 aliphatic rings. The fourth-order valence-electron chi connectivity index (χ4n) is 5.77. The summed E-state index contributed by atoms with van der Waals surface area (Å²) in [5.74, 6) is 3.24. The molecular weight excluding hydrogens is 623 g/mol. The van der Waals surface area contributed by atoms with Gasteiger partial charge in [-0.25, -0.2) is 9.97 Å². The fraction of sp³-hybridized carbons (Fsp3) is 0.500. The number of amidine groups is 1. The van der Waals surface area contributed by atoms with Gasteiger partial charge in [-0.3, -0.25) is 4.99 Å². The van der Waals surface area contributed by atoms with E-state index >= 15 is 0 Å². The zero-order valence-corrected chi connectivity index (χ0v) is 25.9. The third-order valence-electron chi connectivity index (χ3n) is 8.07. The predicted molar refractivity (Wildman–Crippen MR) is 167 cm³/mol. The molecule has 1 aromatic carbocycles. The summed E-state index contributed by atoms with van der Waals surface area (Å²) in [7, 11) is 3.43. The number of nitrogens with zero attached hydrogens (tertiary/aromatic N) is 7. The van der Waals surface area contributed by atoms with Gasteiger partial charge in [0.05, 0.1) is 36.2 Å². The van der Waals surface area contributed by atoms with Crippen molar-refractivity contribution in [3.63, 3.8) is 0 Å². The highest BCUT2D eigenvalue weighted by Crippen LogP contribution is 2.38. The van der Waals surface area contributed by atoms with Crippen LogP contribution < -0.4 is 10.6 Å². The van der Waals surface area contributed by atoms with Gasteiger partial charge in [-0.05, 0) is 57.2 Å². The Morgan fingerprint density at radius 3 is 2.77 bits per heavy atom. The zero-order chi connectivity index (χ0) is 27.3. The molecule has 206 valence electrons. The number of fused-ring (bicyclic) bond motifs is 2. The van der Waals surface area contributed by atoms with Crippen molar-refractivity contribution in [2.45, 2.75) is 52.6 Å². The van der Waals surface area contributed by atoms with E-state index in [4.69, 9.17) is 25.5 Å². The highest BCUT2D eigenvalue weighted by Gasteiger charge is 2.31. The second-order valence-electron chi connectivity index (χ2n) is 10.8. The molecule has 2 aromatic heterocycles. The molecule has 1 unspecified atom stereocenters. The summed E-state index contributed by atoms with van der Waals surface area (Å²) < 4.78 is 7.77. The molecule has 2 aliphatic heterocycles. The average molecular weight is 659 g/mol. The molecule has 39 heavy (non-hydrogen) atoms. The van der Waals surface area contributed by atoms with Gasteiger partial charge in [-0.2, -0.15) is 9.19 Å². The minimum atomic E-state index is 0.225. The van der Waals surface area contributed by atoms with Crippen molar-refractivity contribution in [1.82, 2.24) is 24.1 Å². The second kappa shape index (κ2) is 10.9. The molecular formula is C28H35IN8OS. The Morgan fingerprint density at radius 2 is 2.05 bits per heavy atom. The lowest BCUT2D eigenvalue weighted by atomic mass is 9.99. The molecule has 1 saturated heterocycles. The van der Waals surface area contributed by atoms with Crippen molar-refractivity contribution < 1.29 is 4.74 Å². The lowest BCUT2D eigenvalue weighted by molar-refractivity contribution is 0.0983. The summed E-state index contributed by atoms with van der Waals surface area (Å²) in [6.07, 6.45) is 5.26. The molecule has 11 heteroatoms. The van der Waals surface area contributed by atoms with E-state index < -0.39 is 0 Å². The molecule has 2 N–H and O–H groups in total. The second-order valence-corrected chi connectivity index (χ2v) is 12.4. The standard InChI is InChI=1S/C28H35IN8OS/c1-16-5-8-23-26(18(3)34-37(23)39-29)25(16)27-32-22-9-10-35(24(31-4)13-21(30)19-6-7-19)14-20(22)28(33-27)36-11-12-38-15-17(36)2/h5,8,13,17,19H,6-7,9-12,14-15,30H2,1-4H3. The minimum absolute atomic E-state index is 0.225. The number of benzene rings is 1. The van der Waals surface area contributed by atoms with E-state index in [2.05, 4.69) is 75.0 Å². The monoisotopic (exact) mass is 658 g/mol. The summed E-state index contributed by atoms with van der Waals surface area (Å²) in [5, 5.41) is 5.90. The first-order chi connectivity index (χ1) is 18.9. The van der Waals surface area contributed by atoms with Gasteiger partial charge in [-0.15, -0.1) is 0 Å². The average Bonchev–Trinajstić information content (AvgIpc) is 3.75. The van der Waals surface area contributed by atoms with Crippen LogP contribution in [0.25, 0.3) is 22.3 Å². The van der Waals surface area contributed by atoms with E-state index in [1.165, 1.54) is 18.4 Å². The van der Waals surface area contributed by atoms with Crippen molar-refractivity contribution in [2.75, 3.05) is 38.3 Å². The van der Waals surface area contributed by atoms with Crippen molar-refractivity contribution >= 4 is 52.9 Å². The smallest absolute Gasteiger partial charge is 0.162 e. The number of ether oxygens (including phenoxy) is 1. The van der Waals surface area contributed by atoms with E-state index in [1.807, 2.05) is 11.1 Å². The number of anilines is 1. The van der Waals surface area contributed by atoms with Crippen molar-refractivity contribution in [3.8, 4) is 11.4 Å². The Labute approximate surface area is 246 Å². The number of hydrogen-bond donors (Lipinski definition) is 1. The molecule has 0 amide bonds. The Hall–Kier alpha value is -2.38. The minimum Gasteiger partial charge on any atom is -0.402 e. The van der Waals surface area contributed by atoms with Gasteiger partial charge in [-0.1, -0.05) is 6.07 Å².